The molecular formula is C17H27NO3. The van der Waals surface area contributed by atoms with E-state index in [9.17, 15) is 5.11 Å². The molecule has 1 N–H and O–H groups in total. The maximum absolute atomic E-state index is 10.1. The SMILES string of the molecule is Cc1ccc(C(C)C)cc1OCC(O)CN1CCOCC1. The van der Waals surface area contributed by atoms with Crippen LogP contribution in [0.5, 0.6) is 5.75 Å². The number of ether oxygens (including phenoxy) is 2. The van der Waals surface area contributed by atoms with E-state index in [2.05, 4.69) is 36.9 Å². The van der Waals surface area contributed by atoms with Crippen molar-refractivity contribution in [1.82, 2.24) is 4.90 Å². The molecule has 0 saturated carbocycles. The van der Waals surface area contributed by atoms with E-state index in [1.165, 1.54) is 5.56 Å². The minimum absolute atomic E-state index is 0.333. The molecule has 1 atom stereocenters. The molecule has 1 saturated heterocycles. The van der Waals surface area contributed by atoms with Gasteiger partial charge < -0.3 is 14.6 Å². The number of hydrogen-bond acceptors (Lipinski definition) is 4. The summed E-state index contributed by atoms with van der Waals surface area (Å²) in [5.74, 6) is 1.36. The average molecular weight is 293 g/mol. The van der Waals surface area contributed by atoms with Gasteiger partial charge in [-0.3, -0.25) is 4.90 Å². The summed E-state index contributed by atoms with van der Waals surface area (Å²) in [6.45, 7) is 10.6. The maximum atomic E-state index is 10.1. The van der Waals surface area contributed by atoms with Crippen LogP contribution in [0, 0.1) is 6.92 Å². The minimum atomic E-state index is -0.467. The van der Waals surface area contributed by atoms with Crippen molar-refractivity contribution in [1.29, 1.82) is 0 Å². The molecule has 0 amide bonds. The quantitative estimate of drug-likeness (QED) is 0.873. The van der Waals surface area contributed by atoms with Crippen LogP contribution in [0.2, 0.25) is 0 Å². The molecular weight excluding hydrogens is 266 g/mol. The molecule has 0 bridgehead atoms. The Morgan fingerprint density at radius 2 is 2.00 bits per heavy atom. The van der Waals surface area contributed by atoms with Crippen LogP contribution in [0.3, 0.4) is 0 Å². The molecule has 118 valence electrons. The van der Waals surface area contributed by atoms with Gasteiger partial charge in [-0.15, -0.1) is 0 Å². The molecule has 1 aromatic carbocycles. The number of benzene rings is 1. The minimum Gasteiger partial charge on any atom is -0.491 e. The van der Waals surface area contributed by atoms with Gasteiger partial charge in [0.1, 0.15) is 18.5 Å². The number of hydrogen-bond donors (Lipinski definition) is 1. The van der Waals surface area contributed by atoms with Crippen molar-refractivity contribution in [2.24, 2.45) is 0 Å². The van der Waals surface area contributed by atoms with E-state index in [0.717, 1.165) is 37.6 Å². The van der Waals surface area contributed by atoms with E-state index in [1.54, 1.807) is 0 Å². The van der Waals surface area contributed by atoms with Crippen LogP contribution in [0.4, 0.5) is 0 Å². The van der Waals surface area contributed by atoms with Crippen LogP contribution < -0.4 is 4.74 Å². The van der Waals surface area contributed by atoms with Gasteiger partial charge in [0.15, 0.2) is 0 Å². The first kappa shape index (κ1) is 16.3. The van der Waals surface area contributed by atoms with Gasteiger partial charge in [-0.25, -0.2) is 0 Å². The standard InChI is InChI=1S/C17H27NO3/c1-13(2)15-5-4-14(3)17(10-15)21-12-16(19)11-18-6-8-20-9-7-18/h4-5,10,13,16,19H,6-9,11-12H2,1-3H3. The maximum Gasteiger partial charge on any atom is 0.122 e. The summed E-state index contributed by atoms with van der Waals surface area (Å²) in [6.07, 6.45) is -0.467. The second kappa shape index (κ2) is 7.78. The fourth-order valence-electron chi connectivity index (χ4n) is 2.45. The van der Waals surface area contributed by atoms with Gasteiger partial charge in [0.2, 0.25) is 0 Å². The van der Waals surface area contributed by atoms with Gasteiger partial charge in [-0.05, 0) is 30.0 Å². The highest BCUT2D eigenvalue weighted by atomic mass is 16.5. The van der Waals surface area contributed by atoms with E-state index in [1.807, 2.05) is 6.92 Å². The van der Waals surface area contributed by atoms with Gasteiger partial charge in [-0.2, -0.15) is 0 Å². The Balaban J connectivity index is 1.85. The number of rotatable bonds is 6. The number of morpholine rings is 1. The Morgan fingerprint density at radius 3 is 2.67 bits per heavy atom. The van der Waals surface area contributed by atoms with Crippen molar-refractivity contribution in [2.75, 3.05) is 39.5 Å². The molecule has 0 radical (unpaired) electrons. The molecule has 0 aliphatic carbocycles. The topological polar surface area (TPSA) is 41.9 Å². The summed E-state index contributed by atoms with van der Waals surface area (Å²) in [7, 11) is 0. The third-order valence-corrected chi connectivity index (χ3v) is 3.88. The molecule has 1 aliphatic heterocycles. The number of aliphatic hydroxyl groups excluding tert-OH is 1. The van der Waals surface area contributed by atoms with Gasteiger partial charge in [0.05, 0.1) is 13.2 Å². The Labute approximate surface area is 127 Å². The number of nitrogens with zero attached hydrogens (tertiary/aromatic N) is 1. The lowest BCUT2D eigenvalue weighted by molar-refractivity contribution is 0.00459. The number of aryl methyl sites for hydroxylation is 1. The molecule has 2 rings (SSSR count). The van der Waals surface area contributed by atoms with Crippen molar-refractivity contribution in [3.8, 4) is 5.75 Å². The van der Waals surface area contributed by atoms with Crippen LogP contribution in [0.1, 0.15) is 30.9 Å². The fraction of sp³-hybridized carbons (Fsp3) is 0.647. The predicted molar refractivity (Wildman–Crippen MR) is 84.0 cm³/mol. The third kappa shape index (κ3) is 4.99. The number of β-amino-alcohol motifs (C(OH)–C–C–N with tert-alkyl or cyclic N) is 1. The summed E-state index contributed by atoms with van der Waals surface area (Å²) in [5, 5.41) is 10.1. The second-order valence-corrected chi connectivity index (χ2v) is 6.06. The smallest absolute Gasteiger partial charge is 0.122 e. The van der Waals surface area contributed by atoms with Crippen molar-refractivity contribution < 1.29 is 14.6 Å². The first-order valence-corrected chi connectivity index (χ1v) is 7.77. The molecule has 21 heavy (non-hydrogen) atoms. The molecule has 0 aromatic heterocycles. The molecule has 4 heteroatoms. The van der Waals surface area contributed by atoms with Crippen molar-refractivity contribution in [3.05, 3.63) is 29.3 Å². The second-order valence-electron chi connectivity index (χ2n) is 6.06. The fourth-order valence-corrected chi connectivity index (χ4v) is 2.45. The summed E-state index contributed by atoms with van der Waals surface area (Å²) < 4.78 is 11.1. The lowest BCUT2D eigenvalue weighted by atomic mass is 10.0. The summed E-state index contributed by atoms with van der Waals surface area (Å²) >= 11 is 0. The van der Waals surface area contributed by atoms with E-state index in [-0.39, 0.29) is 0 Å². The first-order chi connectivity index (χ1) is 10.1. The van der Waals surface area contributed by atoms with Crippen molar-refractivity contribution in [2.45, 2.75) is 32.8 Å². The zero-order valence-corrected chi connectivity index (χ0v) is 13.3. The van der Waals surface area contributed by atoms with Crippen LogP contribution in [0.15, 0.2) is 18.2 Å². The summed E-state index contributed by atoms with van der Waals surface area (Å²) in [4.78, 5) is 2.22. The highest BCUT2D eigenvalue weighted by molar-refractivity contribution is 5.37. The molecule has 1 aliphatic rings. The zero-order chi connectivity index (χ0) is 15.2. The van der Waals surface area contributed by atoms with Crippen LogP contribution >= 0.6 is 0 Å². The van der Waals surface area contributed by atoms with E-state index < -0.39 is 6.10 Å². The first-order valence-electron chi connectivity index (χ1n) is 7.77. The lowest BCUT2D eigenvalue weighted by Crippen LogP contribution is -2.42. The van der Waals surface area contributed by atoms with Crippen molar-refractivity contribution in [3.63, 3.8) is 0 Å². The van der Waals surface area contributed by atoms with Gasteiger partial charge >= 0.3 is 0 Å². The van der Waals surface area contributed by atoms with E-state index >= 15 is 0 Å². The normalized spacial score (nSPS) is 18.0. The Hall–Kier alpha value is -1.10. The van der Waals surface area contributed by atoms with Crippen LogP contribution in [0.25, 0.3) is 0 Å². The summed E-state index contributed by atoms with van der Waals surface area (Å²) in [5.41, 5.74) is 2.37. The summed E-state index contributed by atoms with van der Waals surface area (Å²) in [6, 6.07) is 6.30. The van der Waals surface area contributed by atoms with Gasteiger partial charge in [0.25, 0.3) is 0 Å². The van der Waals surface area contributed by atoms with Crippen LogP contribution in [-0.4, -0.2) is 55.6 Å². The molecule has 1 unspecified atom stereocenters. The predicted octanol–water partition coefficient (Wildman–Crippen LogP) is 2.19. The molecule has 4 nitrogen and oxygen atoms in total. The van der Waals surface area contributed by atoms with E-state index in [0.29, 0.717) is 19.1 Å². The monoisotopic (exact) mass is 293 g/mol. The largest absolute Gasteiger partial charge is 0.491 e. The Kier molecular flexibility index (Phi) is 6.03. The molecule has 1 aromatic rings. The van der Waals surface area contributed by atoms with Gasteiger partial charge in [0, 0.05) is 19.6 Å². The Bertz CT molecular complexity index is 442. The molecule has 0 spiro atoms. The van der Waals surface area contributed by atoms with Crippen LogP contribution in [-0.2, 0) is 4.74 Å². The zero-order valence-electron chi connectivity index (χ0n) is 13.3. The highest BCUT2D eigenvalue weighted by Gasteiger charge is 2.15. The highest BCUT2D eigenvalue weighted by Crippen LogP contribution is 2.24. The number of aliphatic hydroxyl groups is 1. The van der Waals surface area contributed by atoms with Crippen molar-refractivity contribution >= 4 is 0 Å². The molecule has 1 fully saturated rings. The third-order valence-electron chi connectivity index (χ3n) is 3.88. The molecule has 1 heterocycles. The lowest BCUT2D eigenvalue weighted by Gasteiger charge is -2.28. The van der Waals surface area contributed by atoms with Gasteiger partial charge in [-0.1, -0.05) is 26.0 Å². The average Bonchev–Trinajstić information content (AvgIpc) is 2.47. The van der Waals surface area contributed by atoms with E-state index in [4.69, 9.17) is 9.47 Å². The Morgan fingerprint density at radius 1 is 1.29 bits per heavy atom.